The number of urea groups is 1. The molecule has 1 aliphatic carbocycles. The maximum atomic E-state index is 12.1. The third-order valence-corrected chi connectivity index (χ3v) is 3.94. The third kappa shape index (κ3) is 6.36. The lowest BCUT2D eigenvalue weighted by Crippen LogP contribution is -2.54. The molecule has 2 amide bonds. The highest BCUT2D eigenvalue weighted by Crippen LogP contribution is 2.45. The van der Waals surface area contributed by atoms with Gasteiger partial charge in [0, 0.05) is 11.6 Å². The summed E-state index contributed by atoms with van der Waals surface area (Å²) < 4.78 is 0. The Morgan fingerprint density at radius 2 is 1.62 bits per heavy atom. The minimum Gasteiger partial charge on any atom is -0.481 e. The minimum atomic E-state index is -0.916. The van der Waals surface area contributed by atoms with Gasteiger partial charge in [-0.05, 0) is 43.9 Å². The van der Waals surface area contributed by atoms with Gasteiger partial charge >= 0.3 is 12.0 Å². The van der Waals surface area contributed by atoms with Crippen molar-refractivity contribution in [3.63, 3.8) is 0 Å². The normalized spacial score (nSPS) is 21.6. The largest absolute Gasteiger partial charge is 0.481 e. The molecule has 0 bridgehead atoms. The van der Waals surface area contributed by atoms with Gasteiger partial charge in [-0.25, -0.2) is 4.79 Å². The molecule has 0 aliphatic heterocycles. The molecule has 0 heterocycles. The molecule has 0 aromatic carbocycles. The standard InChI is InChI=1S/C16H30N2O3/c1-14(2)7-11(8-15(3,4)10-14)17-13(21)18-16(5,6)9-12(19)20/h11H,7-10H2,1-6H3,(H,19,20)(H2,17,18,21). The number of carboxylic acids is 1. The van der Waals surface area contributed by atoms with Gasteiger partial charge in [-0.1, -0.05) is 27.7 Å². The molecule has 1 saturated carbocycles. The van der Waals surface area contributed by atoms with Gasteiger partial charge in [0.05, 0.1) is 6.42 Å². The van der Waals surface area contributed by atoms with Crippen LogP contribution in [0.4, 0.5) is 4.79 Å². The molecule has 0 spiro atoms. The smallest absolute Gasteiger partial charge is 0.315 e. The van der Waals surface area contributed by atoms with Crippen LogP contribution in [0.3, 0.4) is 0 Å². The molecule has 0 aromatic heterocycles. The number of amides is 2. The molecule has 5 nitrogen and oxygen atoms in total. The number of carboxylic acid groups (broad SMARTS) is 1. The molecule has 0 aromatic rings. The Hall–Kier alpha value is -1.26. The quantitative estimate of drug-likeness (QED) is 0.746. The van der Waals surface area contributed by atoms with Gasteiger partial charge in [-0.2, -0.15) is 0 Å². The van der Waals surface area contributed by atoms with Crippen LogP contribution in [-0.4, -0.2) is 28.7 Å². The Morgan fingerprint density at radius 1 is 1.14 bits per heavy atom. The van der Waals surface area contributed by atoms with Gasteiger partial charge in [0.1, 0.15) is 0 Å². The fraction of sp³-hybridized carbons (Fsp3) is 0.875. The predicted octanol–water partition coefficient (Wildman–Crippen LogP) is 3.14. The van der Waals surface area contributed by atoms with Crippen molar-refractivity contribution in [2.75, 3.05) is 0 Å². The van der Waals surface area contributed by atoms with Gasteiger partial charge in [-0.15, -0.1) is 0 Å². The van der Waals surface area contributed by atoms with E-state index in [0.717, 1.165) is 19.3 Å². The van der Waals surface area contributed by atoms with E-state index in [1.807, 2.05) is 0 Å². The van der Waals surface area contributed by atoms with Crippen LogP contribution in [0, 0.1) is 10.8 Å². The molecule has 122 valence electrons. The highest BCUT2D eigenvalue weighted by Gasteiger charge is 2.39. The number of carbonyl (C=O) groups excluding carboxylic acids is 1. The molecule has 1 rings (SSSR count). The van der Waals surface area contributed by atoms with Crippen LogP contribution in [-0.2, 0) is 4.79 Å². The predicted molar refractivity (Wildman–Crippen MR) is 83.2 cm³/mol. The number of rotatable bonds is 4. The minimum absolute atomic E-state index is 0.0952. The zero-order valence-corrected chi connectivity index (χ0v) is 14.2. The first-order valence-corrected chi connectivity index (χ1v) is 7.61. The van der Waals surface area contributed by atoms with E-state index >= 15 is 0 Å². The highest BCUT2D eigenvalue weighted by atomic mass is 16.4. The van der Waals surface area contributed by atoms with E-state index in [-0.39, 0.29) is 29.3 Å². The Labute approximate surface area is 127 Å². The zero-order valence-electron chi connectivity index (χ0n) is 14.2. The van der Waals surface area contributed by atoms with Crippen molar-refractivity contribution in [1.82, 2.24) is 10.6 Å². The van der Waals surface area contributed by atoms with Gasteiger partial charge in [-0.3, -0.25) is 4.79 Å². The van der Waals surface area contributed by atoms with Crippen molar-refractivity contribution in [3.8, 4) is 0 Å². The van der Waals surface area contributed by atoms with Crippen LogP contribution in [0.2, 0.25) is 0 Å². The van der Waals surface area contributed by atoms with Gasteiger partial charge in [0.2, 0.25) is 0 Å². The van der Waals surface area contributed by atoms with E-state index in [1.165, 1.54) is 0 Å². The lowest BCUT2D eigenvalue weighted by Gasteiger charge is -2.45. The summed E-state index contributed by atoms with van der Waals surface area (Å²) >= 11 is 0. The van der Waals surface area contributed by atoms with Crippen LogP contribution < -0.4 is 10.6 Å². The van der Waals surface area contributed by atoms with E-state index in [1.54, 1.807) is 13.8 Å². The van der Waals surface area contributed by atoms with Crippen LogP contribution in [0.1, 0.15) is 67.2 Å². The average Bonchev–Trinajstić information content (AvgIpc) is 2.05. The molecule has 0 saturated heterocycles. The van der Waals surface area contributed by atoms with Crippen molar-refractivity contribution in [3.05, 3.63) is 0 Å². The Kier molecular flexibility index (Phi) is 4.96. The fourth-order valence-electron chi connectivity index (χ4n) is 3.90. The number of hydrogen-bond donors (Lipinski definition) is 3. The Bertz CT molecular complexity index is 398. The number of hydrogen-bond acceptors (Lipinski definition) is 2. The van der Waals surface area contributed by atoms with E-state index in [9.17, 15) is 9.59 Å². The van der Waals surface area contributed by atoms with E-state index in [2.05, 4.69) is 38.3 Å². The number of nitrogens with one attached hydrogen (secondary N) is 2. The SMILES string of the molecule is CC1(C)CC(NC(=O)NC(C)(C)CC(=O)O)CC(C)(C)C1. The summed E-state index contributed by atoms with van der Waals surface area (Å²) in [4.78, 5) is 22.9. The molecule has 0 atom stereocenters. The first-order valence-electron chi connectivity index (χ1n) is 7.61. The van der Waals surface area contributed by atoms with E-state index in [4.69, 9.17) is 5.11 Å². The fourth-order valence-corrected chi connectivity index (χ4v) is 3.90. The Balaban J connectivity index is 2.60. The van der Waals surface area contributed by atoms with E-state index in [0.29, 0.717) is 0 Å². The lowest BCUT2D eigenvalue weighted by atomic mass is 9.63. The van der Waals surface area contributed by atoms with Crippen LogP contribution >= 0.6 is 0 Å². The van der Waals surface area contributed by atoms with Crippen LogP contribution in [0.15, 0.2) is 0 Å². The summed E-state index contributed by atoms with van der Waals surface area (Å²) in [6.07, 6.45) is 2.94. The van der Waals surface area contributed by atoms with Gasteiger partial charge < -0.3 is 15.7 Å². The first kappa shape index (κ1) is 17.8. The van der Waals surface area contributed by atoms with Gasteiger partial charge in [0.15, 0.2) is 0 Å². The highest BCUT2D eigenvalue weighted by molar-refractivity contribution is 5.76. The summed E-state index contributed by atoms with van der Waals surface area (Å²) in [5.74, 6) is -0.916. The third-order valence-electron chi connectivity index (χ3n) is 3.94. The maximum absolute atomic E-state index is 12.1. The molecule has 0 radical (unpaired) electrons. The maximum Gasteiger partial charge on any atom is 0.315 e. The molecule has 0 unspecified atom stereocenters. The molecule has 21 heavy (non-hydrogen) atoms. The summed E-state index contributed by atoms with van der Waals surface area (Å²) in [6.45, 7) is 12.4. The zero-order chi connectivity index (χ0) is 16.5. The molecule has 1 fully saturated rings. The molecular weight excluding hydrogens is 268 g/mol. The van der Waals surface area contributed by atoms with Crippen LogP contribution in [0.5, 0.6) is 0 Å². The van der Waals surface area contributed by atoms with Gasteiger partial charge in [0.25, 0.3) is 0 Å². The molecule has 1 aliphatic rings. The summed E-state index contributed by atoms with van der Waals surface area (Å²) in [6, 6.07) is -0.149. The van der Waals surface area contributed by atoms with Crippen molar-refractivity contribution >= 4 is 12.0 Å². The Morgan fingerprint density at radius 3 is 2.05 bits per heavy atom. The number of carbonyl (C=O) groups is 2. The lowest BCUT2D eigenvalue weighted by molar-refractivity contribution is -0.138. The monoisotopic (exact) mass is 298 g/mol. The van der Waals surface area contributed by atoms with Crippen molar-refractivity contribution in [2.24, 2.45) is 10.8 Å². The first-order chi connectivity index (χ1) is 9.30. The second-order valence-corrected chi connectivity index (χ2v) is 8.66. The average molecular weight is 298 g/mol. The second-order valence-electron chi connectivity index (χ2n) is 8.66. The summed E-state index contributed by atoms with van der Waals surface area (Å²) in [5.41, 5.74) is -0.345. The second kappa shape index (κ2) is 5.85. The summed E-state index contributed by atoms with van der Waals surface area (Å²) in [5, 5.41) is 14.6. The molecule has 5 heteroatoms. The van der Waals surface area contributed by atoms with Crippen molar-refractivity contribution in [1.29, 1.82) is 0 Å². The topological polar surface area (TPSA) is 78.4 Å². The molecular formula is C16H30N2O3. The van der Waals surface area contributed by atoms with Crippen molar-refractivity contribution in [2.45, 2.75) is 78.8 Å². The van der Waals surface area contributed by atoms with E-state index < -0.39 is 11.5 Å². The molecule has 3 N–H and O–H groups in total. The number of aliphatic carboxylic acids is 1. The van der Waals surface area contributed by atoms with Crippen molar-refractivity contribution < 1.29 is 14.7 Å². The van der Waals surface area contributed by atoms with Crippen LogP contribution in [0.25, 0.3) is 0 Å². The summed E-state index contributed by atoms with van der Waals surface area (Å²) in [7, 11) is 0.